The van der Waals surface area contributed by atoms with Gasteiger partial charge < -0.3 is 19.1 Å². The van der Waals surface area contributed by atoms with Gasteiger partial charge in [-0.15, -0.1) is 11.3 Å². The second-order valence-corrected chi connectivity index (χ2v) is 9.62. The molecule has 0 radical (unpaired) electrons. The van der Waals surface area contributed by atoms with Gasteiger partial charge in [-0.2, -0.15) is 0 Å². The van der Waals surface area contributed by atoms with Gasteiger partial charge in [-0.25, -0.2) is 4.98 Å². The molecule has 5 rings (SSSR count). The van der Waals surface area contributed by atoms with Crippen molar-refractivity contribution < 1.29 is 19.0 Å². The summed E-state index contributed by atoms with van der Waals surface area (Å²) >= 11 is 1.58. The number of hydrogen-bond donors (Lipinski definition) is 0. The van der Waals surface area contributed by atoms with Crippen LogP contribution in [-0.2, 0) is 17.9 Å². The van der Waals surface area contributed by atoms with Gasteiger partial charge in [-0.3, -0.25) is 4.79 Å². The average molecular weight is 537 g/mol. The van der Waals surface area contributed by atoms with E-state index in [-0.39, 0.29) is 5.91 Å². The van der Waals surface area contributed by atoms with Crippen molar-refractivity contribution >= 4 is 39.2 Å². The molecule has 0 fully saturated rings. The van der Waals surface area contributed by atoms with Gasteiger partial charge in [0, 0.05) is 11.6 Å². The number of ether oxygens (including phenoxy) is 3. The molecule has 0 unspecified atom stereocenters. The van der Waals surface area contributed by atoms with Crippen molar-refractivity contribution in [3.05, 3.63) is 119 Å². The number of thiazole rings is 1. The van der Waals surface area contributed by atoms with Gasteiger partial charge in [0.1, 0.15) is 17.9 Å². The van der Waals surface area contributed by atoms with E-state index in [0.717, 1.165) is 38.3 Å². The van der Waals surface area contributed by atoms with E-state index in [2.05, 4.69) is 4.98 Å². The number of benzene rings is 4. The number of para-hydroxylation sites is 2. The third-order valence-corrected chi connectivity index (χ3v) is 7.06. The fraction of sp³-hybridized carbons (Fsp3) is 0.125. The zero-order valence-corrected chi connectivity index (χ0v) is 22.6. The van der Waals surface area contributed by atoms with Crippen molar-refractivity contribution in [2.24, 2.45) is 0 Å². The zero-order chi connectivity index (χ0) is 27.0. The standard InChI is InChI=1S/C32H28N2O4S/c1-36-27-17-15-23(19-29(27)37-2)16-18-31(35)34(20-24-9-4-3-5-10-24)26-12-7-6-11-25(26)21-38-28-13-8-14-30-32(28)33-22-39-30/h3-19,22H,20-21H2,1-2H3/b18-16+. The number of amides is 1. The lowest BCUT2D eigenvalue weighted by Crippen LogP contribution is -2.29. The van der Waals surface area contributed by atoms with Crippen LogP contribution < -0.4 is 19.1 Å². The molecular formula is C32H28N2O4S. The van der Waals surface area contributed by atoms with Crippen LogP contribution >= 0.6 is 11.3 Å². The molecule has 0 bridgehead atoms. The Balaban J connectivity index is 1.44. The Bertz CT molecular complexity index is 1600. The number of carbonyl (C=O) groups excluding carboxylic acids is 1. The van der Waals surface area contributed by atoms with Crippen molar-refractivity contribution in [3.8, 4) is 17.2 Å². The lowest BCUT2D eigenvalue weighted by atomic mass is 10.1. The Kier molecular flexibility index (Phi) is 8.19. The smallest absolute Gasteiger partial charge is 0.251 e. The van der Waals surface area contributed by atoms with Crippen molar-refractivity contribution in [1.29, 1.82) is 0 Å². The third-order valence-electron chi connectivity index (χ3n) is 6.26. The van der Waals surface area contributed by atoms with E-state index in [0.29, 0.717) is 24.7 Å². The maximum atomic E-state index is 13.7. The Morgan fingerprint density at radius 2 is 1.67 bits per heavy atom. The first kappa shape index (κ1) is 26.0. The third kappa shape index (κ3) is 6.10. The predicted octanol–water partition coefficient (Wildman–Crippen LogP) is 7.14. The molecule has 0 aliphatic heterocycles. The van der Waals surface area contributed by atoms with Crippen LogP contribution in [0, 0.1) is 0 Å². The summed E-state index contributed by atoms with van der Waals surface area (Å²) in [6, 6.07) is 29.2. The van der Waals surface area contributed by atoms with Gasteiger partial charge in [0.05, 0.1) is 36.7 Å². The summed E-state index contributed by atoms with van der Waals surface area (Å²) in [6.45, 7) is 0.708. The van der Waals surface area contributed by atoms with Crippen LogP contribution in [0.25, 0.3) is 16.3 Å². The Morgan fingerprint density at radius 1 is 0.872 bits per heavy atom. The molecule has 1 heterocycles. The van der Waals surface area contributed by atoms with Crippen LogP contribution in [0.2, 0.25) is 0 Å². The van der Waals surface area contributed by atoms with Gasteiger partial charge in [-0.05, 0) is 47.5 Å². The molecule has 4 aromatic carbocycles. The maximum Gasteiger partial charge on any atom is 0.251 e. The molecule has 5 aromatic rings. The summed E-state index contributed by atoms with van der Waals surface area (Å²) in [5, 5.41) is 0. The number of methoxy groups -OCH3 is 2. The van der Waals surface area contributed by atoms with E-state index in [1.54, 1.807) is 42.6 Å². The summed E-state index contributed by atoms with van der Waals surface area (Å²) in [5.41, 5.74) is 6.19. The first-order valence-electron chi connectivity index (χ1n) is 12.4. The first-order chi connectivity index (χ1) is 19.2. The highest BCUT2D eigenvalue weighted by molar-refractivity contribution is 7.16. The highest BCUT2D eigenvalue weighted by Crippen LogP contribution is 2.30. The van der Waals surface area contributed by atoms with Crippen LogP contribution in [-0.4, -0.2) is 25.1 Å². The number of carbonyl (C=O) groups is 1. The zero-order valence-electron chi connectivity index (χ0n) is 21.7. The minimum atomic E-state index is -0.150. The molecule has 0 spiro atoms. The van der Waals surface area contributed by atoms with E-state index in [4.69, 9.17) is 14.2 Å². The number of fused-ring (bicyclic) bond motifs is 1. The van der Waals surface area contributed by atoms with Gasteiger partial charge >= 0.3 is 0 Å². The molecule has 39 heavy (non-hydrogen) atoms. The molecule has 0 saturated carbocycles. The Hall–Kier alpha value is -4.62. The van der Waals surface area contributed by atoms with Crippen LogP contribution in [0.1, 0.15) is 16.7 Å². The van der Waals surface area contributed by atoms with Crippen molar-refractivity contribution in [2.75, 3.05) is 19.1 Å². The Labute approximate surface area is 231 Å². The fourth-order valence-electron chi connectivity index (χ4n) is 4.29. The molecule has 0 saturated heterocycles. The van der Waals surface area contributed by atoms with Gasteiger partial charge in [0.2, 0.25) is 0 Å². The summed E-state index contributed by atoms with van der Waals surface area (Å²) in [4.78, 5) is 19.9. The highest BCUT2D eigenvalue weighted by atomic mass is 32.1. The quantitative estimate of drug-likeness (QED) is 0.178. The fourth-order valence-corrected chi connectivity index (χ4v) is 4.98. The number of nitrogens with zero attached hydrogens (tertiary/aromatic N) is 2. The maximum absolute atomic E-state index is 13.7. The second kappa shape index (κ2) is 12.3. The van der Waals surface area contributed by atoms with E-state index < -0.39 is 0 Å². The first-order valence-corrected chi connectivity index (χ1v) is 13.3. The lowest BCUT2D eigenvalue weighted by molar-refractivity contribution is -0.114. The molecule has 1 amide bonds. The number of hydrogen-bond acceptors (Lipinski definition) is 6. The minimum Gasteiger partial charge on any atom is -0.493 e. The van der Waals surface area contributed by atoms with Crippen LogP contribution in [0.4, 0.5) is 5.69 Å². The van der Waals surface area contributed by atoms with E-state index >= 15 is 0 Å². The molecule has 7 heteroatoms. The normalized spacial score (nSPS) is 11.0. The van der Waals surface area contributed by atoms with E-state index in [1.165, 1.54) is 0 Å². The van der Waals surface area contributed by atoms with E-state index in [9.17, 15) is 4.79 Å². The summed E-state index contributed by atoms with van der Waals surface area (Å²) < 4.78 is 18.0. The average Bonchev–Trinajstić information content (AvgIpc) is 3.48. The summed E-state index contributed by atoms with van der Waals surface area (Å²) in [5.74, 6) is 1.81. The summed E-state index contributed by atoms with van der Waals surface area (Å²) in [7, 11) is 3.18. The topological polar surface area (TPSA) is 60.9 Å². The van der Waals surface area contributed by atoms with Gasteiger partial charge in [0.15, 0.2) is 11.5 Å². The van der Waals surface area contributed by atoms with Crippen LogP contribution in [0.3, 0.4) is 0 Å². The monoisotopic (exact) mass is 536 g/mol. The molecular weight excluding hydrogens is 508 g/mol. The van der Waals surface area contributed by atoms with E-state index in [1.807, 2.05) is 96.5 Å². The number of anilines is 1. The number of rotatable bonds is 10. The minimum absolute atomic E-state index is 0.150. The molecule has 0 aliphatic rings. The number of aromatic nitrogens is 1. The molecule has 196 valence electrons. The van der Waals surface area contributed by atoms with Crippen molar-refractivity contribution in [3.63, 3.8) is 0 Å². The van der Waals surface area contributed by atoms with Crippen LogP contribution in [0.15, 0.2) is 103 Å². The highest BCUT2D eigenvalue weighted by Gasteiger charge is 2.18. The molecule has 1 aromatic heterocycles. The Morgan fingerprint density at radius 3 is 2.49 bits per heavy atom. The molecule has 0 N–H and O–H groups in total. The largest absolute Gasteiger partial charge is 0.493 e. The lowest BCUT2D eigenvalue weighted by Gasteiger charge is -2.24. The predicted molar refractivity (Wildman–Crippen MR) is 157 cm³/mol. The van der Waals surface area contributed by atoms with Gasteiger partial charge in [-0.1, -0.05) is 60.7 Å². The van der Waals surface area contributed by atoms with Gasteiger partial charge in [0.25, 0.3) is 5.91 Å². The molecule has 6 nitrogen and oxygen atoms in total. The summed E-state index contributed by atoms with van der Waals surface area (Å²) in [6.07, 6.45) is 3.36. The van der Waals surface area contributed by atoms with Crippen LogP contribution in [0.5, 0.6) is 17.2 Å². The molecule has 0 aliphatic carbocycles. The van der Waals surface area contributed by atoms with Crippen molar-refractivity contribution in [2.45, 2.75) is 13.2 Å². The molecule has 0 atom stereocenters. The SMILES string of the molecule is COc1ccc(/C=C/C(=O)N(Cc2ccccc2)c2ccccc2COc2cccc3scnc23)cc1OC. The van der Waals surface area contributed by atoms with Crippen molar-refractivity contribution in [1.82, 2.24) is 4.98 Å². The second-order valence-electron chi connectivity index (χ2n) is 8.73.